The first kappa shape index (κ1) is 14.4. The largest absolute Gasteiger partial charge is 0.481 e. The van der Waals surface area contributed by atoms with Gasteiger partial charge in [-0.1, -0.05) is 0 Å². The van der Waals surface area contributed by atoms with Gasteiger partial charge in [0.05, 0.1) is 18.8 Å². The summed E-state index contributed by atoms with van der Waals surface area (Å²) in [7, 11) is -1.84. The highest BCUT2D eigenvalue weighted by atomic mass is 32.2. The summed E-state index contributed by atoms with van der Waals surface area (Å²) in [5, 5.41) is 8.51. The van der Waals surface area contributed by atoms with Gasteiger partial charge < -0.3 is 9.84 Å². The predicted octanol–water partition coefficient (Wildman–Crippen LogP) is 0.149. The lowest BCUT2D eigenvalue weighted by Crippen LogP contribution is -2.42. The average molecular weight is 265 g/mol. The summed E-state index contributed by atoms with van der Waals surface area (Å²) in [6.45, 7) is 1.48. The van der Waals surface area contributed by atoms with Crippen molar-refractivity contribution in [1.29, 1.82) is 0 Å². The van der Waals surface area contributed by atoms with E-state index in [1.807, 2.05) is 0 Å². The van der Waals surface area contributed by atoms with E-state index >= 15 is 0 Å². The Hall–Kier alpha value is -0.660. The van der Waals surface area contributed by atoms with Gasteiger partial charge in [0.15, 0.2) is 0 Å². The molecule has 0 bridgehead atoms. The van der Waals surface area contributed by atoms with Gasteiger partial charge >= 0.3 is 5.97 Å². The van der Waals surface area contributed by atoms with Crippen molar-refractivity contribution in [3.05, 3.63) is 0 Å². The number of methoxy groups -OCH3 is 1. The lowest BCUT2D eigenvalue weighted by Gasteiger charge is -2.31. The molecule has 0 aromatic heterocycles. The van der Waals surface area contributed by atoms with Crippen LogP contribution in [0.1, 0.15) is 19.3 Å². The summed E-state index contributed by atoms with van der Waals surface area (Å²) < 4.78 is 30.1. The van der Waals surface area contributed by atoms with E-state index < -0.39 is 16.0 Å². The highest BCUT2D eigenvalue weighted by Gasteiger charge is 2.28. The summed E-state index contributed by atoms with van der Waals surface area (Å²) in [4.78, 5) is 10.4. The van der Waals surface area contributed by atoms with Gasteiger partial charge in [0.1, 0.15) is 0 Å². The minimum Gasteiger partial charge on any atom is -0.481 e. The van der Waals surface area contributed by atoms with Crippen LogP contribution in [0.5, 0.6) is 0 Å². The normalized spacial score (nSPS) is 22.5. The predicted molar refractivity (Wildman–Crippen MR) is 62.2 cm³/mol. The molecule has 1 heterocycles. The Morgan fingerprint density at radius 1 is 1.53 bits per heavy atom. The van der Waals surface area contributed by atoms with E-state index in [9.17, 15) is 13.2 Å². The SMILES string of the molecule is COCC1CCCN(S(=O)(=O)CCC(=O)O)C1. The number of rotatable bonds is 6. The molecular formula is C10H19NO5S. The fraction of sp³-hybridized carbons (Fsp3) is 0.900. The van der Waals surface area contributed by atoms with Crippen molar-refractivity contribution in [3.63, 3.8) is 0 Å². The Bertz CT molecular complexity index is 352. The van der Waals surface area contributed by atoms with E-state index in [0.29, 0.717) is 19.7 Å². The molecule has 1 aliphatic rings. The second kappa shape index (κ2) is 6.32. The molecule has 6 nitrogen and oxygen atoms in total. The van der Waals surface area contributed by atoms with E-state index in [4.69, 9.17) is 9.84 Å². The highest BCUT2D eigenvalue weighted by Crippen LogP contribution is 2.19. The third-order valence-corrected chi connectivity index (χ3v) is 4.69. The summed E-state index contributed by atoms with van der Waals surface area (Å²) in [5.41, 5.74) is 0. The maximum Gasteiger partial charge on any atom is 0.304 e. The summed E-state index contributed by atoms with van der Waals surface area (Å²) in [6.07, 6.45) is 1.42. The van der Waals surface area contributed by atoms with Crippen molar-refractivity contribution in [2.45, 2.75) is 19.3 Å². The van der Waals surface area contributed by atoms with Crippen molar-refractivity contribution in [3.8, 4) is 0 Å². The first-order chi connectivity index (χ1) is 7.95. The van der Waals surface area contributed by atoms with Crippen molar-refractivity contribution >= 4 is 16.0 Å². The van der Waals surface area contributed by atoms with Crippen molar-refractivity contribution in [2.75, 3.05) is 32.6 Å². The van der Waals surface area contributed by atoms with Crippen LogP contribution in [0.4, 0.5) is 0 Å². The molecule has 0 spiro atoms. The van der Waals surface area contributed by atoms with E-state index in [1.165, 1.54) is 4.31 Å². The fourth-order valence-electron chi connectivity index (χ4n) is 2.00. The molecular weight excluding hydrogens is 246 g/mol. The maximum absolute atomic E-state index is 11.9. The molecule has 1 atom stereocenters. The van der Waals surface area contributed by atoms with Crippen LogP contribution in [0.2, 0.25) is 0 Å². The number of nitrogens with zero attached hydrogens (tertiary/aromatic N) is 1. The second-order valence-electron chi connectivity index (χ2n) is 4.28. The summed E-state index contributed by atoms with van der Waals surface area (Å²) >= 11 is 0. The van der Waals surface area contributed by atoms with Gasteiger partial charge in [-0.05, 0) is 18.8 Å². The highest BCUT2D eigenvalue weighted by molar-refractivity contribution is 7.89. The standard InChI is InChI=1S/C10H19NO5S/c1-16-8-9-3-2-5-11(7-9)17(14,15)6-4-10(12)13/h9H,2-8H2,1H3,(H,12,13). The summed E-state index contributed by atoms with van der Waals surface area (Å²) in [5.74, 6) is -1.19. The van der Waals surface area contributed by atoms with E-state index in [0.717, 1.165) is 12.8 Å². The molecule has 1 rings (SSSR count). The number of hydrogen-bond acceptors (Lipinski definition) is 4. The summed E-state index contributed by atoms with van der Waals surface area (Å²) in [6, 6.07) is 0. The van der Waals surface area contributed by atoms with Crippen LogP contribution in [0.15, 0.2) is 0 Å². The van der Waals surface area contributed by atoms with Gasteiger partial charge in [-0.3, -0.25) is 4.79 Å². The molecule has 1 fully saturated rings. The number of ether oxygens (including phenoxy) is 1. The van der Waals surface area contributed by atoms with Gasteiger partial charge in [0.2, 0.25) is 10.0 Å². The van der Waals surface area contributed by atoms with Gasteiger partial charge in [0, 0.05) is 20.2 Å². The van der Waals surface area contributed by atoms with Gasteiger partial charge in [-0.2, -0.15) is 0 Å². The molecule has 1 saturated heterocycles. The van der Waals surface area contributed by atoms with Gasteiger partial charge in [0.25, 0.3) is 0 Å². The number of piperidine rings is 1. The molecule has 0 aromatic rings. The molecule has 1 N–H and O–H groups in total. The minimum atomic E-state index is -3.43. The molecule has 100 valence electrons. The van der Waals surface area contributed by atoms with Gasteiger partial charge in [-0.15, -0.1) is 0 Å². The quantitative estimate of drug-likeness (QED) is 0.739. The minimum absolute atomic E-state index is 0.216. The number of aliphatic carboxylic acids is 1. The second-order valence-corrected chi connectivity index (χ2v) is 6.37. The van der Waals surface area contributed by atoms with Crippen LogP contribution in [0.3, 0.4) is 0 Å². The number of carbonyl (C=O) groups is 1. The molecule has 0 aliphatic carbocycles. The molecule has 0 radical (unpaired) electrons. The van der Waals surface area contributed by atoms with Crippen LogP contribution in [-0.2, 0) is 19.6 Å². The lowest BCUT2D eigenvalue weighted by molar-refractivity contribution is -0.136. The van der Waals surface area contributed by atoms with Crippen LogP contribution in [0, 0.1) is 5.92 Å². The van der Waals surface area contributed by atoms with Crippen molar-refractivity contribution < 1.29 is 23.1 Å². The van der Waals surface area contributed by atoms with Crippen LogP contribution < -0.4 is 0 Å². The molecule has 0 saturated carbocycles. The first-order valence-electron chi connectivity index (χ1n) is 5.64. The van der Waals surface area contributed by atoms with Crippen LogP contribution >= 0.6 is 0 Å². The van der Waals surface area contributed by atoms with Crippen LogP contribution in [0.25, 0.3) is 0 Å². The zero-order chi connectivity index (χ0) is 12.9. The molecule has 7 heteroatoms. The molecule has 0 amide bonds. The zero-order valence-electron chi connectivity index (χ0n) is 9.96. The molecule has 1 unspecified atom stereocenters. The fourth-order valence-corrected chi connectivity index (χ4v) is 3.53. The topological polar surface area (TPSA) is 83.9 Å². The Morgan fingerprint density at radius 3 is 2.82 bits per heavy atom. The molecule has 17 heavy (non-hydrogen) atoms. The van der Waals surface area contributed by atoms with Crippen LogP contribution in [-0.4, -0.2) is 56.4 Å². The van der Waals surface area contributed by atoms with E-state index in [1.54, 1.807) is 7.11 Å². The average Bonchev–Trinajstić information content (AvgIpc) is 2.27. The molecule has 0 aromatic carbocycles. The first-order valence-corrected chi connectivity index (χ1v) is 7.25. The third kappa shape index (κ3) is 4.61. The number of carboxylic acids is 1. The van der Waals surface area contributed by atoms with Gasteiger partial charge in [-0.25, -0.2) is 12.7 Å². The Labute approximate surface area is 102 Å². The maximum atomic E-state index is 11.9. The lowest BCUT2D eigenvalue weighted by atomic mass is 10.0. The molecule has 1 aliphatic heterocycles. The Balaban J connectivity index is 2.55. The van der Waals surface area contributed by atoms with Crippen molar-refractivity contribution in [1.82, 2.24) is 4.31 Å². The number of hydrogen-bond donors (Lipinski definition) is 1. The van der Waals surface area contributed by atoms with E-state index in [-0.39, 0.29) is 18.1 Å². The third-order valence-electron chi connectivity index (χ3n) is 2.85. The Morgan fingerprint density at radius 2 is 2.24 bits per heavy atom. The number of sulfonamides is 1. The zero-order valence-corrected chi connectivity index (χ0v) is 10.8. The van der Waals surface area contributed by atoms with E-state index in [2.05, 4.69) is 0 Å². The smallest absolute Gasteiger partial charge is 0.304 e. The Kier molecular flexibility index (Phi) is 5.35. The number of carboxylic acid groups (broad SMARTS) is 1. The monoisotopic (exact) mass is 265 g/mol. The van der Waals surface area contributed by atoms with Crippen molar-refractivity contribution in [2.24, 2.45) is 5.92 Å².